The Bertz CT molecular complexity index is 427. The van der Waals surface area contributed by atoms with E-state index < -0.39 is 11.9 Å². The molecule has 0 aliphatic heterocycles. The number of carboxylic acid groups (broad SMARTS) is 1. The van der Waals surface area contributed by atoms with E-state index in [-0.39, 0.29) is 5.75 Å². The largest absolute Gasteiger partial charge is 0.506 e. The van der Waals surface area contributed by atoms with E-state index in [9.17, 15) is 9.90 Å². The molecule has 1 rings (SSSR count). The lowest BCUT2D eigenvalue weighted by molar-refractivity contribution is -0.138. The van der Waals surface area contributed by atoms with Crippen molar-refractivity contribution in [3.63, 3.8) is 0 Å². The van der Waals surface area contributed by atoms with Crippen molar-refractivity contribution in [2.45, 2.75) is 33.1 Å². The Morgan fingerprint density at radius 2 is 2.06 bits per heavy atom. The second kappa shape index (κ2) is 4.87. The average molecular weight is 287 g/mol. The Balaban J connectivity index is 3.39. The molecule has 0 spiro atoms. The number of aliphatic carboxylic acids is 1. The lowest BCUT2D eigenvalue weighted by Gasteiger charge is -2.16. The van der Waals surface area contributed by atoms with Gasteiger partial charge in [-0.3, -0.25) is 4.79 Å². The molecule has 1 unspecified atom stereocenters. The van der Waals surface area contributed by atoms with Gasteiger partial charge < -0.3 is 10.2 Å². The predicted octanol–water partition coefficient (Wildman–Crippen LogP) is 3.35. The molecule has 4 heteroatoms. The van der Waals surface area contributed by atoms with Gasteiger partial charge in [0.25, 0.3) is 0 Å². The highest BCUT2D eigenvalue weighted by molar-refractivity contribution is 9.10. The van der Waals surface area contributed by atoms with Gasteiger partial charge in [-0.05, 0) is 52.9 Å². The molecule has 0 heterocycles. The number of benzene rings is 1. The minimum atomic E-state index is -0.855. The summed E-state index contributed by atoms with van der Waals surface area (Å²) in [4.78, 5) is 11.1. The number of hydrogen-bond donors (Lipinski definition) is 2. The molecule has 0 bridgehead atoms. The van der Waals surface area contributed by atoms with Crippen LogP contribution in [0.1, 0.15) is 36.0 Å². The molecule has 3 nitrogen and oxygen atoms in total. The molecular formula is C12H15BrO3. The molecule has 88 valence electrons. The molecule has 2 N–H and O–H groups in total. The highest BCUT2D eigenvalue weighted by Gasteiger charge is 2.22. The van der Waals surface area contributed by atoms with Gasteiger partial charge in [-0.2, -0.15) is 0 Å². The minimum Gasteiger partial charge on any atom is -0.506 e. The Morgan fingerprint density at radius 3 is 2.50 bits per heavy atom. The second-order valence-corrected chi connectivity index (χ2v) is 4.66. The van der Waals surface area contributed by atoms with E-state index in [1.807, 2.05) is 19.9 Å². The third-order valence-corrected chi connectivity index (χ3v) is 3.80. The van der Waals surface area contributed by atoms with Gasteiger partial charge in [-0.1, -0.05) is 13.0 Å². The molecule has 1 atom stereocenters. The van der Waals surface area contributed by atoms with Gasteiger partial charge in [-0.25, -0.2) is 0 Å². The Hall–Kier alpha value is -1.03. The van der Waals surface area contributed by atoms with Crippen molar-refractivity contribution in [1.82, 2.24) is 0 Å². The van der Waals surface area contributed by atoms with E-state index in [2.05, 4.69) is 15.9 Å². The van der Waals surface area contributed by atoms with Crippen molar-refractivity contribution in [3.8, 4) is 5.75 Å². The van der Waals surface area contributed by atoms with Crippen LogP contribution < -0.4 is 0 Å². The van der Waals surface area contributed by atoms with E-state index in [4.69, 9.17) is 5.11 Å². The van der Waals surface area contributed by atoms with Crippen LogP contribution in [0.25, 0.3) is 0 Å². The van der Waals surface area contributed by atoms with Crippen LogP contribution in [0.4, 0.5) is 0 Å². The third-order valence-electron chi connectivity index (χ3n) is 2.80. The predicted molar refractivity (Wildman–Crippen MR) is 65.9 cm³/mol. The normalized spacial score (nSPS) is 12.5. The van der Waals surface area contributed by atoms with E-state index in [0.29, 0.717) is 22.0 Å². The average Bonchev–Trinajstić information content (AvgIpc) is 2.23. The van der Waals surface area contributed by atoms with Gasteiger partial charge in [0.1, 0.15) is 5.75 Å². The van der Waals surface area contributed by atoms with E-state index in [0.717, 1.165) is 5.56 Å². The molecule has 0 saturated heterocycles. The van der Waals surface area contributed by atoms with Crippen molar-refractivity contribution in [2.24, 2.45) is 0 Å². The van der Waals surface area contributed by atoms with Crippen molar-refractivity contribution in [1.29, 1.82) is 0 Å². The number of phenolic OH excluding ortho intramolecular Hbond substituents is 1. The monoisotopic (exact) mass is 286 g/mol. The fraction of sp³-hybridized carbons (Fsp3) is 0.417. The van der Waals surface area contributed by atoms with Crippen LogP contribution in [0.5, 0.6) is 5.75 Å². The SMILES string of the molecule is CCC(C(=O)O)c1cc(C)c(Br)c(O)c1C. The van der Waals surface area contributed by atoms with Gasteiger partial charge in [0.15, 0.2) is 0 Å². The van der Waals surface area contributed by atoms with E-state index in [1.54, 1.807) is 6.92 Å². The van der Waals surface area contributed by atoms with Crippen LogP contribution in [0.3, 0.4) is 0 Å². The van der Waals surface area contributed by atoms with Crippen LogP contribution >= 0.6 is 15.9 Å². The lowest BCUT2D eigenvalue weighted by atomic mass is 9.91. The van der Waals surface area contributed by atoms with Gasteiger partial charge in [0.05, 0.1) is 10.4 Å². The Labute approximate surface area is 103 Å². The lowest BCUT2D eigenvalue weighted by Crippen LogP contribution is -2.12. The number of aryl methyl sites for hydroxylation is 1. The van der Waals surface area contributed by atoms with Gasteiger partial charge >= 0.3 is 5.97 Å². The summed E-state index contributed by atoms with van der Waals surface area (Å²) in [6.07, 6.45) is 0.511. The summed E-state index contributed by atoms with van der Waals surface area (Å²) in [7, 11) is 0. The first-order valence-corrected chi connectivity index (χ1v) is 5.90. The number of carboxylic acids is 1. The number of carbonyl (C=O) groups is 1. The van der Waals surface area contributed by atoms with Crippen LogP contribution in [-0.2, 0) is 4.79 Å². The van der Waals surface area contributed by atoms with Gasteiger partial charge in [0, 0.05) is 0 Å². The zero-order valence-electron chi connectivity index (χ0n) is 9.54. The summed E-state index contributed by atoms with van der Waals surface area (Å²) >= 11 is 3.27. The van der Waals surface area contributed by atoms with Crippen molar-refractivity contribution >= 4 is 21.9 Å². The van der Waals surface area contributed by atoms with E-state index >= 15 is 0 Å². The zero-order chi connectivity index (χ0) is 12.5. The van der Waals surface area contributed by atoms with Crippen LogP contribution in [0, 0.1) is 13.8 Å². The number of halogens is 1. The molecule has 0 aromatic heterocycles. The maximum absolute atomic E-state index is 11.1. The maximum atomic E-state index is 11.1. The first-order valence-electron chi connectivity index (χ1n) is 5.11. The van der Waals surface area contributed by atoms with Crippen molar-refractivity contribution in [3.05, 3.63) is 27.2 Å². The Morgan fingerprint density at radius 1 is 1.50 bits per heavy atom. The second-order valence-electron chi connectivity index (χ2n) is 3.87. The van der Waals surface area contributed by atoms with E-state index in [1.165, 1.54) is 0 Å². The van der Waals surface area contributed by atoms with Gasteiger partial charge in [-0.15, -0.1) is 0 Å². The standard InChI is InChI=1S/C12H15BrO3/c1-4-8(12(15)16)9-5-6(2)10(13)11(14)7(9)3/h5,8,14H,4H2,1-3H3,(H,15,16). The number of aromatic hydroxyl groups is 1. The molecule has 1 aromatic carbocycles. The molecule has 0 aliphatic carbocycles. The smallest absolute Gasteiger partial charge is 0.310 e. The number of rotatable bonds is 3. The minimum absolute atomic E-state index is 0.134. The molecule has 0 aliphatic rings. The molecule has 0 fully saturated rings. The quantitative estimate of drug-likeness (QED) is 0.896. The van der Waals surface area contributed by atoms with Crippen LogP contribution in [0.15, 0.2) is 10.5 Å². The fourth-order valence-electron chi connectivity index (χ4n) is 1.78. The van der Waals surface area contributed by atoms with Crippen molar-refractivity contribution < 1.29 is 15.0 Å². The molecule has 16 heavy (non-hydrogen) atoms. The summed E-state index contributed by atoms with van der Waals surface area (Å²) in [5.41, 5.74) is 2.16. The summed E-state index contributed by atoms with van der Waals surface area (Å²) in [6, 6.07) is 1.82. The van der Waals surface area contributed by atoms with Crippen molar-refractivity contribution in [2.75, 3.05) is 0 Å². The number of hydrogen-bond acceptors (Lipinski definition) is 2. The first-order chi connectivity index (χ1) is 7.40. The molecule has 1 aromatic rings. The summed E-state index contributed by atoms with van der Waals surface area (Å²) < 4.78 is 0.633. The summed E-state index contributed by atoms with van der Waals surface area (Å²) in [5.74, 6) is -1.28. The Kier molecular flexibility index (Phi) is 3.97. The van der Waals surface area contributed by atoms with Crippen LogP contribution in [-0.4, -0.2) is 16.2 Å². The summed E-state index contributed by atoms with van der Waals surface area (Å²) in [6.45, 7) is 5.40. The molecular weight excluding hydrogens is 272 g/mol. The number of phenols is 1. The topological polar surface area (TPSA) is 57.5 Å². The molecule has 0 saturated carbocycles. The molecule has 0 amide bonds. The van der Waals surface area contributed by atoms with Gasteiger partial charge in [0.2, 0.25) is 0 Å². The first kappa shape index (κ1) is 13.0. The van der Waals surface area contributed by atoms with Crippen LogP contribution in [0.2, 0.25) is 0 Å². The zero-order valence-corrected chi connectivity index (χ0v) is 11.1. The third kappa shape index (κ3) is 2.21. The maximum Gasteiger partial charge on any atom is 0.310 e. The fourth-order valence-corrected chi connectivity index (χ4v) is 2.19. The highest BCUT2D eigenvalue weighted by Crippen LogP contribution is 2.37. The molecule has 0 radical (unpaired) electrons. The highest BCUT2D eigenvalue weighted by atomic mass is 79.9. The summed E-state index contributed by atoms with van der Waals surface area (Å²) in [5, 5.41) is 19.0.